The predicted octanol–water partition coefficient (Wildman–Crippen LogP) is 3.74. The Bertz CT molecular complexity index is 709. The molecule has 7 heteroatoms. The molecule has 1 aliphatic heterocycles. The van der Waals surface area contributed by atoms with Crippen molar-refractivity contribution in [1.29, 1.82) is 0 Å². The fourth-order valence-corrected chi connectivity index (χ4v) is 4.27. The zero-order valence-electron chi connectivity index (χ0n) is 21.0. The van der Waals surface area contributed by atoms with Gasteiger partial charge in [-0.2, -0.15) is 0 Å². The largest absolute Gasteiger partial charge is 0.458 e. The molecule has 0 spiro atoms. The fourth-order valence-electron chi connectivity index (χ4n) is 4.27. The van der Waals surface area contributed by atoms with Crippen molar-refractivity contribution >= 4 is 11.9 Å². The van der Waals surface area contributed by atoms with E-state index >= 15 is 0 Å². The highest BCUT2D eigenvalue weighted by atomic mass is 16.6. The molecule has 1 aliphatic rings. The molecule has 0 radical (unpaired) electrons. The number of ether oxygens (including phenoxy) is 3. The van der Waals surface area contributed by atoms with Gasteiger partial charge in [0.1, 0.15) is 12.2 Å². The van der Waals surface area contributed by atoms with Gasteiger partial charge in [-0.3, -0.25) is 4.79 Å². The summed E-state index contributed by atoms with van der Waals surface area (Å²) < 4.78 is 16.9. The van der Waals surface area contributed by atoms with Gasteiger partial charge in [-0.1, -0.05) is 43.2 Å². The Balaban J connectivity index is 2.91. The van der Waals surface area contributed by atoms with Crippen LogP contribution >= 0.6 is 0 Å². The molecule has 1 fully saturated rings. The molecule has 0 amide bonds. The SMILES string of the molecule is C/C=C(\C)CC(C)CC(C)C1OC(=O)CC(OC)C1OC(=O)/C=C/C(C)=C/C(CO)CCO. The van der Waals surface area contributed by atoms with Crippen LogP contribution in [0.1, 0.15) is 60.3 Å². The first-order chi connectivity index (χ1) is 15.6. The lowest BCUT2D eigenvalue weighted by Gasteiger charge is -2.39. The van der Waals surface area contributed by atoms with E-state index in [0.717, 1.165) is 18.4 Å². The van der Waals surface area contributed by atoms with Gasteiger partial charge in [-0.25, -0.2) is 4.79 Å². The normalized spacial score (nSPS) is 25.0. The van der Waals surface area contributed by atoms with Gasteiger partial charge in [-0.15, -0.1) is 0 Å². The molecular formula is C26H42O7. The number of rotatable bonds is 13. The van der Waals surface area contributed by atoms with Crippen LogP contribution in [-0.4, -0.2) is 60.8 Å². The molecule has 0 aliphatic carbocycles. The first-order valence-electron chi connectivity index (χ1n) is 11.8. The topological polar surface area (TPSA) is 102 Å². The number of carbonyl (C=O) groups is 2. The Morgan fingerprint density at radius 2 is 1.94 bits per heavy atom. The van der Waals surface area contributed by atoms with E-state index in [9.17, 15) is 14.7 Å². The van der Waals surface area contributed by atoms with Crippen LogP contribution in [0, 0.1) is 17.8 Å². The van der Waals surface area contributed by atoms with Gasteiger partial charge in [0, 0.05) is 32.3 Å². The minimum Gasteiger partial charge on any atom is -0.458 e. The van der Waals surface area contributed by atoms with Crippen LogP contribution in [0.3, 0.4) is 0 Å². The molecule has 0 aromatic rings. The van der Waals surface area contributed by atoms with E-state index in [1.165, 1.54) is 18.8 Å². The first kappa shape index (κ1) is 29.1. The number of aliphatic hydroxyl groups is 2. The first-order valence-corrected chi connectivity index (χ1v) is 11.8. The van der Waals surface area contributed by atoms with Gasteiger partial charge in [0.05, 0.1) is 6.42 Å². The third-order valence-electron chi connectivity index (χ3n) is 6.09. The number of methoxy groups -OCH3 is 1. The van der Waals surface area contributed by atoms with Crippen molar-refractivity contribution < 1.29 is 34.0 Å². The summed E-state index contributed by atoms with van der Waals surface area (Å²) in [5, 5.41) is 18.4. The average molecular weight is 467 g/mol. The molecule has 33 heavy (non-hydrogen) atoms. The predicted molar refractivity (Wildman–Crippen MR) is 127 cm³/mol. The Kier molecular flexibility index (Phi) is 13.3. The Labute approximate surface area is 198 Å². The van der Waals surface area contributed by atoms with Gasteiger partial charge in [0.25, 0.3) is 0 Å². The standard InChI is InChI=1S/C26H42O7/c1-7-17(2)12-19(4)13-20(5)25-26(22(31-6)15-24(30)33-25)32-23(29)9-8-18(3)14-21(16-28)10-11-27/h7-9,14,19-22,25-28H,10-13,15-16H2,1-6H3/b9-8+,17-7+,18-14+. The maximum Gasteiger partial charge on any atom is 0.331 e. The van der Waals surface area contributed by atoms with Gasteiger partial charge < -0.3 is 24.4 Å². The number of hydrogen-bond donors (Lipinski definition) is 2. The summed E-state index contributed by atoms with van der Waals surface area (Å²) in [7, 11) is 1.50. The van der Waals surface area contributed by atoms with E-state index < -0.39 is 24.3 Å². The monoisotopic (exact) mass is 466 g/mol. The number of cyclic esters (lactones) is 1. The number of allylic oxidation sites excluding steroid dienone is 4. The highest BCUT2D eigenvalue weighted by Crippen LogP contribution is 2.31. The maximum atomic E-state index is 12.6. The molecule has 6 unspecified atom stereocenters. The van der Waals surface area contributed by atoms with E-state index in [-0.39, 0.29) is 37.4 Å². The van der Waals surface area contributed by atoms with E-state index in [2.05, 4.69) is 19.9 Å². The Hall–Kier alpha value is -1.96. The van der Waals surface area contributed by atoms with E-state index in [1.54, 1.807) is 12.2 Å². The summed E-state index contributed by atoms with van der Waals surface area (Å²) in [6.07, 6.45) is 7.25. The van der Waals surface area contributed by atoms with E-state index in [1.807, 2.05) is 20.8 Å². The maximum absolute atomic E-state index is 12.6. The van der Waals surface area contributed by atoms with Crippen LogP contribution in [0.25, 0.3) is 0 Å². The second kappa shape index (κ2) is 15.0. The minimum atomic E-state index is -0.696. The molecule has 6 atom stereocenters. The van der Waals surface area contributed by atoms with Gasteiger partial charge in [0.2, 0.25) is 0 Å². The Morgan fingerprint density at radius 3 is 2.52 bits per heavy atom. The second-order valence-electron chi connectivity index (χ2n) is 9.19. The van der Waals surface area contributed by atoms with Crippen molar-refractivity contribution in [3.8, 4) is 0 Å². The van der Waals surface area contributed by atoms with Crippen LogP contribution < -0.4 is 0 Å². The van der Waals surface area contributed by atoms with E-state index in [4.69, 9.17) is 19.3 Å². The number of hydrogen-bond acceptors (Lipinski definition) is 7. The van der Waals surface area contributed by atoms with Crippen LogP contribution in [0.5, 0.6) is 0 Å². The van der Waals surface area contributed by atoms with Crippen molar-refractivity contribution in [2.75, 3.05) is 20.3 Å². The third-order valence-corrected chi connectivity index (χ3v) is 6.09. The van der Waals surface area contributed by atoms with Gasteiger partial charge >= 0.3 is 11.9 Å². The average Bonchev–Trinajstić information content (AvgIpc) is 2.77. The molecule has 1 rings (SSSR count). The molecule has 1 heterocycles. The lowest BCUT2D eigenvalue weighted by molar-refractivity contribution is -0.200. The lowest BCUT2D eigenvalue weighted by atomic mass is 9.84. The smallest absolute Gasteiger partial charge is 0.331 e. The molecule has 7 nitrogen and oxygen atoms in total. The number of aliphatic hydroxyl groups excluding tert-OH is 2. The van der Waals surface area contributed by atoms with Crippen LogP contribution in [0.4, 0.5) is 0 Å². The molecule has 0 bridgehead atoms. The number of esters is 2. The zero-order chi connectivity index (χ0) is 25.0. The highest BCUT2D eigenvalue weighted by Gasteiger charge is 2.44. The molecule has 2 N–H and O–H groups in total. The molecule has 0 saturated carbocycles. The van der Waals surface area contributed by atoms with Crippen molar-refractivity contribution in [3.05, 3.63) is 35.5 Å². The molecule has 188 valence electrons. The number of carbonyl (C=O) groups excluding carboxylic acids is 2. The van der Waals surface area contributed by atoms with Crippen molar-refractivity contribution in [2.45, 2.75) is 78.6 Å². The zero-order valence-corrected chi connectivity index (χ0v) is 21.0. The summed E-state index contributed by atoms with van der Waals surface area (Å²) in [5.41, 5.74) is 2.08. The molecule has 1 saturated heterocycles. The van der Waals surface area contributed by atoms with E-state index in [0.29, 0.717) is 12.3 Å². The van der Waals surface area contributed by atoms with Crippen LogP contribution in [0.15, 0.2) is 35.5 Å². The quantitative estimate of drug-likeness (QED) is 0.184. The molecular weight excluding hydrogens is 424 g/mol. The van der Waals surface area contributed by atoms with Crippen molar-refractivity contribution in [1.82, 2.24) is 0 Å². The molecule has 0 aromatic heterocycles. The summed E-state index contributed by atoms with van der Waals surface area (Å²) in [4.78, 5) is 24.8. The lowest BCUT2D eigenvalue weighted by Crippen LogP contribution is -2.52. The van der Waals surface area contributed by atoms with Crippen molar-refractivity contribution in [3.63, 3.8) is 0 Å². The third kappa shape index (κ3) is 10.2. The fraction of sp³-hybridized carbons (Fsp3) is 0.692. The summed E-state index contributed by atoms with van der Waals surface area (Å²) in [6, 6.07) is 0. The summed E-state index contributed by atoms with van der Waals surface area (Å²) in [5.74, 6) is -0.703. The second-order valence-corrected chi connectivity index (χ2v) is 9.19. The summed E-state index contributed by atoms with van der Waals surface area (Å²) in [6.45, 7) is 10.0. The Morgan fingerprint density at radius 1 is 1.24 bits per heavy atom. The molecule has 0 aromatic carbocycles. The highest BCUT2D eigenvalue weighted by molar-refractivity contribution is 5.83. The minimum absolute atomic E-state index is 0.0150. The van der Waals surface area contributed by atoms with Crippen LogP contribution in [-0.2, 0) is 23.8 Å². The van der Waals surface area contributed by atoms with Gasteiger partial charge in [0.15, 0.2) is 6.10 Å². The van der Waals surface area contributed by atoms with Gasteiger partial charge in [-0.05, 0) is 51.9 Å². The summed E-state index contributed by atoms with van der Waals surface area (Å²) >= 11 is 0. The van der Waals surface area contributed by atoms with Crippen LogP contribution in [0.2, 0.25) is 0 Å². The van der Waals surface area contributed by atoms with Crippen molar-refractivity contribution in [2.24, 2.45) is 17.8 Å².